The molecule has 1 heterocycles. The molecule has 2 N–H and O–H groups in total. The first kappa shape index (κ1) is 15.2. The van der Waals surface area contributed by atoms with E-state index >= 15 is 0 Å². The van der Waals surface area contributed by atoms with E-state index in [9.17, 15) is 14.7 Å². The van der Waals surface area contributed by atoms with E-state index in [0.29, 0.717) is 4.99 Å². The van der Waals surface area contributed by atoms with Crippen molar-refractivity contribution >= 4 is 40.5 Å². The van der Waals surface area contributed by atoms with E-state index in [2.05, 4.69) is 5.32 Å². The van der Waals surface area contributed by atoms with Gasteiger partial charge in [0.15, 0.2) is 0 Å². The molecule has 0 saturated heterocycles. The maximum atomic E-state index is 12.7. The summed E-state index contributed by atoms with van der Waals surface area (Å²) in [4.78, 5) is 26.2. The second-order valence-electron chi connectivity index (χ2n) is 5.23. The number of thiocarbonyl (C=S) groups is 1. The summed E-state index contributed by atoms with van der Waals surface area (Å²) in [7, 11) is 1.82. The molecule has 1 atom stereocenters. The molecule has 6 heteroatoms. The molecule has 0 radical (unpaired) electrons. The van der Waals surface area contributed by atoms with Gasteiger partial charge >= 0.3 is 5.97 Å². The molecule has 0 fully saturated rings. The molecule has 5 nitrogen and oxygen atoms in total. The molecule has 1 amide bonds. The fraction of sp³-hybridized carbons (Fsp3) is 0.118. The van der Waals surface area contributed by atoms with Gasteiger partial charge in [0.05, 0.1) is 16.2 Å². The number of nitrogens with one attached hydrogen (secondary N) is 1. The van der Waals surface area contributed by atoms with E-state index in [1.54, 1.807) is 23.1 Å². The molecule has 0 bridgehead atoms. The number of para-hydroxylation sites is 2. The van der Waals surface area contributed by atoms with Gasteiger partial charge in [-0.05, 0) is 23.8 Å². The van der Waals surface area contributed by atoms with Crippen LogP contribution >= 0.6 is 12.2 Å². The zero-order valence-corrected chi connectivity index (χ0v) is 13.1. The van der Waals surface area contributed by atoms with Crippen LogP contribution in [0.25, 0.3) is 0 Å². The minimum Gasteiger partial charge on any atom is -0.478 e. The van der Waals surface area contributed by atoms with Crippen molar-refractivity contribution < 1.29 is 14.7 Å². The first-order valence-corrected chi connectivity index (χ1v) is 7.41. The first-order valence-electron chi connectivity index (χ1n) is 7.00. The number of hydrogen-bond acceptors (Lipinski definition) is 3. The number of benzene rings is 2. The number of fused-ring (bicyclic) bond motifs is 1. The number of carbonyl (C=O) groups is 2. The number of likely N-dealkylation sites (N-methyl/N-ethyl adjacent to an activating group) is 1. The number of nitrogens with zero attached hydrogens (tertiary/aromatic N) is 1. The van der Waals surface area contributed by atoms with Crippen molar-refractivity contribution in [2.45, 2.75) is 5.92 Å². The smallest absolute Gasteiger partial charge is 0.337 e. The molecular formula is C17H14N2O3S. The fourth-order valence-electron chi connectivity index (χ4n) is 2.72. The number of carboxylic acid groups (broad SMARTS) is 1. The predicted molar refractivity (Wildman–Crippen MR) is 92.2 cm³/mol. The number of amides is 1. The highest BCUT2D eigenvalue weighted by Crippen LogP contribution is 2.37. The van der Waals surface area contributed by atoms with Gasteiger partial charge in [-0.3, -0.25) is 4.79 Å². The molecule has 0 aromatic heterocycles. The van der Waals surface area contributed by atoms with Gasteiger partial charge in [0, 0.05) is 12.7 Å². The van der Waals surface area contributed by atoms with Gasteiger partial charge in [0.2, 0.25) is 5.91 Å². The van der Waals surface area contributed by atoms with Crippen molar-refractivity contribution in [3.63, 3.8) is 0 Å². The number of carboxylic acids is 1. The Balaban J connectivity index is 1.93. The highest BCUT2D eigenvalue weighted by molar-refractivity contribution is 7.80. The zero-order valence-electron chi connectivity index (χ0n) is 12.3. The molecule has 116 valence electrons. The molecule has 1 unspecified atom stereocenters. The normalized spacial score (nSPS) is 16.1. The summed E-state index contributed by atoms with van der Waals surface area (Å²) >= 11 is 5.39. The fourth-order valence-corrected chi connectivity index (χ4v) is 3.05. The summed E-state index contributed by atoms with van der Waals surface area (Å²) in [6.45, 7) is 0. The largest absolute Gasteiger partial charge is 0.478 e. The van der Waals surface area contributed by atoms with Crippen molar-refractivity contribution in [1.29, 1.82) is 0 Å². The van der Waals surface area contributed by atoms with Gasteiger partial charge in [-0.2, -0.15) is 0 Å². The van der Waals surface area contributed by atoms with Crippen molar-refractivity contribution in [3.05, 3.63) is 59.7 Å². The van der Waals surface area contributed by atoms with Crippen LogP contribution in [0.2, 0.25) is 0 Å². The van der Waals surface area contributed by atoms with Crippen molar-refractivity contribution in [2.75, 3.05) is 17.3 Å². The summed E-state index contributed by atoms with van der Waals surface area (Å²) in [6, 6.07) is 13.8. The minimum absolute atomic E-state index is 0.0476. The quantitative estimate of drug-likeness (QED) is 0.849. The maximum absolute atomic E-state index is 12.7. The van der Waals surface area contributed by atoms with Crippen molar-refractivity contribution in [2.24, 2.45) is 0 Å². The number of aromatic carboxylic acids is 1. The Kier molecular flexibility index (Phi) is 3.83. The summed E-state index contributed by atoms with van der Waals surface area (Å²) in [5, 5.41) is 11.9. The second kappa shape index (κ2) is 5.81. The van der Waals surface area contributed by atoms with Crippen LogP contribution in [0.1, 0.15) is 21.8 Å². The van der Waals surface area contributed by atoms with E-state index in [0.717, 1.165) is 11.3 Å². The standard InChI is InChI=1S/C17H14N2O3S/c1-19-13-9-5-3-7-11(13)14(16(19)23)15(20)18-12-8-4-2-6-10(12)17(21)22/h2-9,14H,1H3,(H,18,20)(H,21,22). The maximum Gasteiger partial charge on any atom is 0.337 e. The first-order chi connectivity index (χ1) is 11.0. The third-order valence-corrected chi connectivity index (χ3v) is 4.37. The lowest BCUT2D eigenvalue weighted by atomic mass is 10.00. The molecule has 1 aliphatic heterocycles. The second-order valence-corrected chi connectivity index (χ2v) is 5.65. The molecular weight excluding hydrogens is 312 g/mol. The number of hydrogen-bond donors (Lipinski definition) is 2. The highest BCUT2D eigenvalue weighted by atomic mass is 32.1. The van der Waals surface area contributed by atoms with Crippen LogP contribution in [0.3, 0.4) is 0 Å². The molecule has 23 heavy (non-hydrogen) atoms. The number of carbonyl (C=O) groups excluding carboxylic acids is 1. The average molecular weight is 326 g/mol. The molecule has 3 rings (SSSR count). The highest BCUT2D eigenvalue weighted by Gasteiger charge is 2.37. The lowest BCUT2D eigenvalue weighted by Gasteiger charge is -2.15. The molecule has 0 spiro atoms. The van der Waals surface area contributed by atoms with E-state index in [-0.39, 0.29) is 17.2 Å². The van der Waals surface area contributed by atoms with E-state index < -0.39 is 11.9 Å². The summed E-state index contributed by atoms with van der Waals surface area (Å²) in [6.07, 6.45) is 0. The predicted octanol–water partition coefficient (Wildman–Crippen LogP) is 2.88. The lowest BCUT2D eigenvalue weighted by molar-refractivity contribution is -0.116. The van der Waals surface area contributed by atoms with Crippen molar-refractivity contribution in [1.82, 2.24) is 0 Å². The Morgan fingerprint density at radius 2 is 1.78 bits per heavy atom. The van der Waals surface area contributed by atoms with Crippen LogP contribution < -0.4 is 10.2 Å². The number of rotatable bonds is 3. The number of anilines is 2. The van der Waals surface area contributed by atoms with Crippen LogP contribution in [0, 0.1) is 0 Å². The van der Waals surface area contributed by atoms with Crippen LogP contribution in [-0.2, 0) is 4.79 Å². The Morgan fingerprint density at radius 3 is 2.52 bits per heavy atom. The average Bonchev–Trinajstić information content (AvgIpc) is 2.79. The molecule has 0 saturated carbocycles. The third kappa shape index (κ3) is 2.57. The van der Waals surface area contributed by atoms with Crippen LogP contribution in [0.4, 0.5) is 11.4 Å². The topological polar surface area (TPSA) is 69.6 Å². The van der Waals surface area contributed by atoms with Gasteiger partial charge in [-0.1, -0.05) is 42.5 Å². The van der Waals surface area contributed by atoms with Gasteiger partial charge < -0.3 is 15.3 Å². The van der Waals surface area contributed by atoms with Crippen molar-refractivity contribution in [3.8, 4) is 0 Å². The van der Waals surface area contributed by atoms with Crippen LogP contribution in [0.15, 0.2) is 48.5 Å². The van der Waals surface area contributed by atoms with Crippen LogP contribution in [0.5, 0.6) is 0 Å². The van der Waals surface area contributed by atoms with E-state index in [1.807, 2.05) is 31.3 Å². The van der Waals surface area contributed by atoms with Crippen LogP contribution in [-0.4, -0.2) is 29.0 Å². The Morgan fingerprint density at radius 1 is 1.13 bits per heavy atom. The zero-order chi connectivity index (χ0) is 16.6. The third-order valence-electron chi connectivity index (χ3n) is 3.86. The minimum atomic E-state index is -1.09. The lowest BCUT2D eigenvalue weighted by Crippen LogP contribution is -2.30. The molecule has 2 aromatic rings. The summed E-state index contributed by atoms with van der Waals surface area (Å²) < 4.78 is 0. The Bertz CT molecular complexity index is 819. The Hall–Kier alpha value is -2.73. The van der Waals surface area contributed by atoms with E-state index in [4.69, 9.17) is 12.2 Å². The Labute approximate surface area is 138 Å². The van der Waals surface area contributed by atoms with Gasteiger partial charge in [-0.25, -0.2) is 4.79 Å². The van der Waals surface area contributed by atoms with Gasteiger partial charge in [0.25, 0.3) is 0 Å². The van der Waals surface area contributed by atoms with Gasteiger partial charge in [0.1, 0.15) is 5.92 Å². The van der Waals surface area contributed by atoms with Gasteiger partial charge in [-0.15, -0.1) is 0 Å². The molecule has 0 aliphatic carbocycles. The molecule has 1 aliphatic rings. The molecule has 2 aromatic carbocycles. The summed E-state index contributed by atoms with van der Waals surface area (Å²) in [5.41, 5.74) is 2.03. The van der Waals surface area contributed by atoms with E-state index in [1.165, 1.54) is 6.07 Å². The monoisotopic (exact) mass is 326 g/mol. The SMILES string of the molecule is CN1C(=S)C(C(=O)Nc2ccccc2C(=O)O)c2ccccc21. The summed E-state index contributed by atoms with van der Waals surface area (Å²) in [5.74, 6) is -2.03.